The lowest BCUT2D eigenvalue weighted by Gasteiger charge is -2.10. The van der Waals surface area contributed by atoms with Crippen LogP contribution in [0.5, 0.6) is 0 Å². The molecule has 0 atom stereocenters. The van der Waals surface area contributed by atoms with Crippen molar-refractivity contribution in [3.05, 3.63) is 75.1 Å². The molecule has 0 bridgehead atoms. The smallest absolute Gasteiger partial charge is 0.251 e. The van der Waals surface area contributed by atoms with Gasteiger partial charge < -0.3 is 10.3 Å². The summed E-state index contributed by atoms with van der Waals surface area (Å²) in [6, 6.07) is 12.6. The third-order valence-corrected chi connectivity index (χ3v) is 4.38. The van der Waals surface area contributed by atoms with Crippen LogP contribution in [-0.2, 0) is 11.2 Å². The summed E-state index contributed by atoms with van der Waals surface area (Å²) < 4.78 is 0. The number of hydrogen-bond acceptors (Lipinski definition) is 3. The van der Waals surface area contributed by atoms with Gasteiger partial charge in [-0.15, -0.1) is 0 Å². The van der Waals surface area contributed by atoms with Crippen molar-refractivity contribution in [1.82, 2.24) is 4.98 Å². The van der Waals surface area contributed by atoms with E-state index in [0.29, 0.717) is 16.8 Å². The van der Waals surface area contributed by atoms with Gasteiger partial charge in [0.2, 0.25) is 5.91 Å². The van der Waals surface area contributed by atoms with Gasteiger partial charge >= 0.3 is 0 Å². The molecule has 0 radical (unpaired) electrons. The predicted molar refractivity (Wildman–Crippen MR) is 103 cm³/mol. The van der Waals surface area contributed by atoms with Gasteiger partial charge in [-0.25, -0.2) is 0 Å². The zero-order chi connectivity index (χ0) is 18.8. The molecule has 3 rings (SSSR count). The Balaban J connectivity index is 1.81. The van der Waals surface area contributed by atoms with Crippen LogP contribution in [0, 0.1) is 13.8 Å². The molecule has 0 unspecified atom stereocenters. The summed E-state index contributed by atoms with van der Waals surface area (Å²) in [5.41, 5.74) is 4.23. The van der Waals surface area contributed by atoms with Crippen molar-refractivity contribution < 1.29 is 9.59 Å². The summed E-state index contributed by atoms with van der Waals surface area (Å²) in [6.45, 7) is 5.13. The molecular weight excluding hydrogens is 328 g/mol. The number of benzene rings is 2. The Morgan fingerprint density at radius 2 is 1.77 bits per heavy atom. The van der Waals surface area contributed by atoms with Crippen molar-refractivity contribution in [2.45, 2.75) is 27.2 Å². The summed E-state index contributed by atoms with van der Waals surface area (Å²) in [5.74, 6) is -0.200. The first-order chi connectivity index (χ1) is 12.3. The molecule has 132 valence electrons. The first kappa shape index (κ1) is 17.6. The first-order valence-electron chi connectivity index (χ1n) is 8.37. The highest BCUT2D eigenvalue weighted by Crippen LogP contribution is 2.19. The molecule has 0 aliphatic rings. The number of rotatable bonds is 4. The molecule has 5 nitrogen and oxygen atoms in total. The molecule has 2 aromatic carbocycles. The van der Waals surface area contributed by atoms with E-state index in [1.807, 2.05) is 31.2 Å². The normalized spacial score (nSPS) is 10.7. The third kappa shape index (κ3) is 3.72. The summed E-state index contributed by atoms with van der Waals surface area (Å²) in [5, 5.41) is 3.76. The maximum Gasteiger partial charge on any atom is 0.251 e. The second-order valence-electron chi connectivity index (χ2n) is 6.51. The Labute approximate surface area is 151 Å². The fourth-order valence-electron chi connectivity index (χ4n) is 2.83. The summed E-state index contributed by atoms with van der Waals surface area (Å²) >= 11 is 0. The van der Waals surface area contributed by atoms with E-state index in [-0.39, 0.29) is 23.7 Å². The number of aromatic nitrogens is 1. The number of Topliss-reactive ketones (excluding diaryl/α,β-unsaturated/α-hetero) is 1. The highest BCUT2D eigenvalue weighted by atomic mass is 16.1. The third-order valence-electron chi connectivity index (χ3n) is 4.38. The fourth-order valence-corrected chi connectivity index (χ4v) is 2.83. The average Bonchev–Trinajstić information content (AvgIpc) is 2.58. The number of anilines is 1. The van der Waals surface area contributed by atoms with Gasteiger partial charge in [-0.05, 0) is 61.5 Å². The minimum Gasteiger partial charge on any atom is -0.326 e. The average molecular weight is 348 g/mol. The number of carbonyl (C=O) groups excluding carboxylic acids is 2. The lowest BCUT2D eigenvalue weighted by molar-refractivity contribution is -0.115. The summed E-state index contributed by atoms with van der Waals surface area (Å²) in [7, 11) is 0. The molecule has 26 heavy (non-hydrogen) atoms. The Morgan fingerprint density at radius 3 is 2.50 bits per heavy atom. The largest absolute Gasteiger partial charge is 0.326 e. The van der Waals surface area contributed by atoms with Crippen LogP contribution in [-0.4, -0.2) is 16.7 Å². The van der Waals surface area contributed by atoms with Gasteiger partial charge in [0, 0.05) is 22.3 Å². The van der Waals surface area contributed by atoms with Crippen molar-refractivity contribution >= 4 is 28.3 Å². The van der Waals surface area contributed by atoms with Gasteiger partial charge in [0.25, 0.3) is 5.56 Å². The van der Waals surface area contributed by atoms with Crippen molar-refractivity contribution in [3.63, 3.8) is 0 Å². The zero-order valence-electron chi connectivity index (χ0n) is 15.0. The van der Waals surface area contributed by atoms with E-state index in [0.717, 1.165) is 22.0 Å². The lowest BCUT2D eigenvalue weighted by atomic mass is 10.1. The number of H-pyrrole nitrogens is 1. The molecular formula is C21H20N2O3. The number of pyridine rings is 1. The van der Waals surface area contributed by atoms with Gasteiger partial charge in [0.1, 0.15) is 0 Å². The number of nitrogens with one attached hydrogen (secondary N) is 2. The van der Waals surface area contributed by atoms with Crippen molar-refractivity contribution in [2.24, 2.45) is 0 Å². The highest BCUT2D eigenvalue weighted by molar-refractivity contribution is 5.98. The van der Waals surface area contributed by atoms with Crippen LogP contribution in [0.25, 0.3) is 10.9 Å². The van der Waals surface area contributed by atoms with Crippen LogP contribution < -0.4 is 10.9 Å². The van der Waals surface area contributed by atoms with E-state index in [4.69, 9.17) is 0 Å². The number of carbonyl (C=O) groups is 2. The molecule has 2 N–H and O–H groups in total. The number of aryl methyl sites for hydroxylation is 2. The van der Waals surface area contributed by atoms with E-state index in [1.165, 1.54) is 6.92 Å². The maximum atomic E-state index is 12.4. The number of hydrogen-bond donors (Lipinski definition) is 2. The maximum absolute atomic E-state index is 12.4. The number of aromatic amines is 1. The van der Waals surface area contributed by atoms with E-state index < -0.39 is 0 Å². The monoisotopic (exact) mass is 348 g/mol. The van der Waals surface area contributed by atoms with Crippen molar-refractivity contribution in [3.8, 4) is 0 Å². The number of ketones is 1. The summed E-state index contributed by atoms with van der Waals surface area (Å²) in [6.07, 6.45) is 0.206. The van der Waals surface area contributed by atoms with Crippen LogP contribution in [0.15, 0.2) is 47.3 Å². The predicted octanol–water partition coefficient (Wildman–Crippen LogP) is 3.53. The Kier molecular flexibility index (Phi) is 4.71. The zero-order valence-corrected chi connectivity index (χ0v) is 15.0. The SMILES string of the molecule is CC(=O)c1ccc(C)c(NC(=O)Cc2ccc3[nH]c(=O)c(C)cc3c2)c1. The number of amides is 1. The molecule has 0 fully saturated rings. The lowest BCUT2D eigenvalue weighted by Crippen LogP contribution is -2.15. The van der Waals surface area contributed by atoms with E-state index >= 15 is 0 Å². The van der Waals surface area contributed by atoms with Gasteiger partial charge in [-0.1, -0.05) is 18.2 Å². The molecule has 1 aromatic heterocycles. The van der Waals surface area contributed by atoms with Gasteiger partial charge in [0.15, 0.2) is 5.78 Å². The number of fused-ring (bicyclic) bond motifs is 1. The Morgan fingerprint density at radius 1 is 1.00 bits per heavy atom. The van der Waals surface area contributed by atoms with Crippen LogP contribution >= 0.6 is 0 Å². The minimum absolute atomic E-state index is 0.0422. The molecule has 0 aliphatic heterocycles. The van der Waals surface area contributed by atoms with Gasteiger partial charge in [0.05, 0.1) is 6.42 Å². The van der Waals surface area contributed by atoms with Gasteiger partial charge in [-0.2, -0.15) is 0 Å². The molecule has 1 heterocycles. The molecule has 0 saturated heterocycles. The second-order valence-corrected chi connectivity index (χ2v) is 6.51. The standard InChI is InChI=1S/C21H20N2O3/c1-12-4-6-16(14(3)24)11-19(12)22-20(25)10-15-5-7-18-17(9-15)8-13(2)21(26)23-18/h4-9,11H,10H2,1-3H3,(H,22,25)(H,23,26). The molecule has 1 amide bonds. The summed E-state index contributed by atoms with van der Waals surface area (Å²) in [4.78, 5) is 38.4. The quantitative estimate of drug-likeness (QED) is 0.708. The van der Waals surface area contributed by atoms with Crippen LogP contribution in [0.4, 0.5) is 5.69 Å². The molecule has 0 aliphatic carbocycles. The fraction of sp³-hybridized carbons (Fsp3) is 0.190. The van der Waals surface area contributed by atoms with Crippen molar-refractivity contribution in [2.75, 3.05) is 5.32 Å². The second kappa shape index (κ2) is 6.96. The van der Waals surface area contributed by atoms with Crippen LogP contribution in [0.1, 0.15) is 34.0 Å². The topological polar surface area (TPSA) is 79.0 Å². The molecule has 0 saturated carbocycles. The van der Waals surface area contributed by atoms with Crippen LogP contribution in [0.3, 0.4) is 0 Å². The van der Waals surface area contributed by atoms with Crippen molar-refractivity contribution in [1.29, 1.82) is 0 Å². The van der Waals surface area contributed by atoms with E-state index in [1.54, 1.807) is 25.1 Å². The highest BCUT2D eigenvalue weighted by Gasteiger charge is 2.09. The van der Waals surface area contributed by atoms with Crippen LogP contribution in [0.2, 0.25) is 0 Å². The first-order valence-corrected chi connectivity index (χ1v) is 8.37. The molecule has 3 aromatic rings. The Hall–Kier alpha value is -3.21. The minimum atomic E-state index is -0.158. The molecule has 0 spiro atoms. The Bertz CT molecular complexity index is 1080. The van der Waals surface area contributed by atoms with E-state index in [2.05, 4.69) is 10.3 Å². The molecule has 5 heteroatoms. The van der Waals surface area contributed by atoms with Gasteiger partial charge in [-0.3, -0.25) is 14.4 Å². The van der Waals surface area contributed by atoms with E-state index in [9.17, 15) is 14.4 Å².